The lowest BCUT2D eigenvalue weighted by molar-refractivity contribution is -0.383. The summed E-state index contributed by atoms with van der Waals surface area (Å²) in [6, 6.07) is 10.6. The molecular formula is C17H15FN2O6. The van der Waals surface area contributed by atoms with Crippen molar-refractivity contribution in [2.24, 2.45) is 0 Å². The number of benzene rings is 2. The fraction of sp³-hybridized carbons (Fsp3) is 0.176. The van der Waals surface area contributed by atoms with Gasteiger partial charge in [0.15, 0.2) is 12.7 Å². The van der Waals surface area contributed by atoms with Crippen molar-refractivity contribution in [2.75, 3.05) is 11.9 Å². The van der Waals surface area contributed by atoms with E-state index in [2.05, 4.69) is 5.32 Å². The number of nitrogens with one attached hydrogen (secondary N) is 1. The summed E-state index contributed by atoms with van der Waals surface area (Å²) < 4.78 is 22.9. The highest BCUT2D eigenvalue weighted by Crippen LogP contribution is 2.23. The lowest BCUT2D eigenvalue weighted by Crippen LogP contribution is -2.29. The zero-order valence-corrected chi connectivity index (χ0v) is 13.7. The number of esters is 1. The molecule has 0 bridgehead atoms. The molecule has 0 fully saturated rings. The van der Waals surface area contributed by atoms with E-state index in [-0.39, 0.29) is 17.1 Å². The first-order chi connectivity index (χ1) is 12.4. The monoisotopic (exact) mass is 362 g/mol. The van der Waals surface area contributed by atoms with Crippen LogP contribution in [0.5, 0.6) is 5.75 Å². The number of amides is 1. The molecule has 0 heterocycles. The molecular weight excluding hydrogens is 347 g/mol. The molecule has 2 rings (SSSR count). The van der Waals surface area contributed by atoms with Crippen LogP contribution >= 0.6 is 0 Å². The molecule has 0 radical (unpaired) electrons. The average molecular weight is 362 g/mol. The second kappa shape index (κ2) is 8.56. The van der Waals surface area contributed by atoms with Crippen LogP contribution < -0.4 is 10.1 Å². The van der Waals surface area contributed by atoms with E-state index in [0.29, 0.717) is 0 Å². The highest BCUT2D eigenvalue weighted by molar-refractivity contribution is 5.95. The van der Waals surface area contributed by atoms with Gasteiger partial charge in [-0.25, -0.2) is 9.18 Å². The van der Waals surface area contributed by atoms with Gasteiger partial charge in [0.25, 0.3) is 11.6 Å². The molecule has 1 amide bonds. The first-order valence-electron chi connectivity index (χ1n) is 7.49. The van der Waals surface area contributed by atoms with Crippen molar-refractivity contribution in [1.82, 2.24) is 0 Å². The van der Waals surface area contributed by atoms with Gasteiger partial charge in [-0.1, -0.05) is 12.1 Å². The summed E-state index contributed by atoms with van der Waals surface area (Å²) in [5.41, 5.74) is -0.283. The number of nitrogens with zero attached hydrogens (tertiary/aromatic N) is 1. The van der Waals surface area contributed by atoms with Crippen LogP contribution in [0.4, 0.5) is 15.8 Å². The number of rotatable bonds is 7. The fourth-order valence-corrected chi connectivity index (χ4v) is 1.94. The van der Waals surface area contributed by atoms with Crippen LogP contribution in [0.2, 0.25) is 0 Å². The molecule has 0 unspecified atom stereocenters. The van der Waals surface area contributed by atoms with Crippen LogP contribution in [0.1, 0.15) is 6.92 Å². The number of halogens is 1. The number of para-hydroxylation sites is 2. The molecule has 9 heteroatoms. The Kier molecular flexibility index (Phi) is 6.20. The average Bonchev–Trinajstić information content (AvgIpc) is 2.61. The standard InChI is InChI=1S/C17H15FN2O6/c1-11(26-13-8-6-12(18)7-9-13)17(22)25-10-16(21)19-14-4-2-3-5-15(14)20(23)24/h2-9,11H,10H2,1H3,(H,19,21)/t11-/m0/s1. The lowest BCUT2D eigenvalue weighted by Gasteiger charge is -2.14. The smallest absolute Gasteiger partial charge is 0.347 e. The van der Waals surface area contributed by atoms with Gasteiger partial charge in [0.2, 0.25) is 0 Å². The maximum atomic E-state index is 12.8. The molecule has 1 atom stereocenters. The number of carbonyl (C=O) groups excluding carboxylic acids is 2. The molecule has 26 heavy (non-hydrogen) atoms. The maximum absolute atomic E-state index is 12.8. The quantitative estimate of drug-likeness (QED) is 0.461. The minimum Gasteiger partial charge on any atom is -0.479 e. The van der Waals surface area contributed by atoms with Crippen LogP contribution in [0.15, 0.2) is 48.5 Å². The van der Waals surface area contributed by atoms with E-state index in [9.17, 15) is 24.1 Å². The predicted octanol–water partition coefficient (Wildman–Crippen LogP) is 2.68. The van der Waals surface area contributed by atoms with Gasteiger partial charge in [-0.15, -0.1) is 0 Å². The molecule has 0 aliphatic rings. The van der Waals surface area contributed by atoms with Crippen LogP contribution in [0, 0.1) is 15.9 Å². The highest BCUT2D eigenvalue weighted by atomic mass is 19.1. The fourth-order valence-electron chi connectivity index (χ4n) is 1.94. The van der Waals surface area contributed by atoms with Gasteiger partial charge in [-0.3, -0.25) is 14.9 Å². The van der Waals surface area contributed by atoms with Gasteiger partial charge >= 0.3 is 5.97 Å². The van der Waals surface area contributed by atoms with Crippen molar-refractivity contribution >= 4 is 23.3 Å². The van der Waals surface area contributed by atoms with Crippen molar-refractivity contribution in [2.45, 2.75) is 13.0 Å². The SMILES string of the molecule is C[C@H](Oc1ccc(F)cc1)C(=O)OCC(=O)Nc1ccccc1[N+](=O)[O-]. The van der Waals surface area contributed by atoms with Crippen molar-refractivity contribution in [3.8, 4) is 5.75 Å². The Hall–Kier alpha value is -3.49. The Morgan fingerprint density at radius 2 is 1.85 bits per heavy atom. The molecule has 8 nitrogen and oxygen atoms in total. The second-order valence-corrected chi connectivity index (χ2v) is 5.14. The van der Waals surface area contributed by atoms with Crippen LogP contribution in [-0.2, 0) is 14.3 Å². The lowest BCUT2D eigenvalue weighted by atomic mass is 10.2. The summed E-state index contributed by atoms with van der Waals surface area (Å²) >= 11 is 0. The maximum Gasteiger partial charge on any atom is 0.347 e. The third kappa shape index (κ3) is 5.26. The molecule has 0 spiro atoms. The van der Waals surface area contributed by atoms with Crippen LogP contribution in [0.25, 0.3) is 0 Å². The van der Waals surface area contributed by atoms with Gasteiger partial charge in [0.05, 0.1) is 4.92 Å². The third-order valence-electron chi connectivity index (χ3n) is 3.18. The van der Waals surface area contributed by atoms with Gasteiger partial charge < -0.3 is 14.8 Å². The molecule has 2 aromatic carbocycles. The largest absolute Gasteiger partial charge is 0.479 e. The Bertz CT molecular complexity index is 809. The topological polar surface area (TPSA) is 108 Å². The zero-order valence-electron chi connectivity index (χ0n) is 13.7. The van der Waals surface area contributed by atoms with Gasteiger partial charge in [-0.2, -0.15) is 0 Å². The summed E-state index contributed by atoms with van der Waals surface area (Å²) in [5.74, 6) is -1.73. The summed E-state index contributed by atoms with van der Waals surface area (Å²) in [6.07, 6.45) is -1.03. The molecule has 136 valence electrons. The number of nitro benzene ring substituents is 1. The third-order valence-corrected chi connectivity index (χ3v) is 3.18. The minimum atomic E-state index is -1.03. The van der Waals surface area contributed by atoms with E-state index in [4.69, 9.17) is 9.47 Å². The molecule has 0 saturated carbocycles. The van der Waals surface area contributed by atoms with Crippen molar-refractivity contribution in [1.29, 1.82) is 0 Å². The van der Waals surface area contributed by atoms with Gasteiger partial charge in [0.1, 0.15) is 17.3 Å². The molecule has 0 aliphatic heterocycles. The predicted molar refractivity (Wildman–Crippen MR) is 89.2 cm³/mol. The van der Waals surface area contributed by atoms with Crippen LogP contribution in [-0.4, -0.2) is 29.5 Å². The zero-order chi connectivity index (χ0) is 19.1. The molecule has 2 aromatic rings. The van der Waals surface area contributed by atoms with Gasteiger partial charge in [-0.05, 0) is 37.3 Å². The summed E-state index contributed by atoms with van der Waals surface area (Å²) in [4.78, 5) is 33.9. The first-order valence-corrected chi connectivity index (χ1v) is 7.49. The Morgan fingerprint density at radius 1 is 1.19 bits per heavy atom. The molecule has 0 aliphatic carbocycles. The Balaban J connectivity index is 1.85. The second-order valence-electron chi connectivity index (χ2n) is 5.14. The molecule has 0 aromatic heterocycles. The van der Waals surface area contributed by atoms with E-state index >= 15 is 0 Å². The summed E-state index contributed by atoms with van der Waals surface area (Å²) in [5, 5.41) is 13.2. The number of carbonyl (C=O) groups is 2. The van der Waals surface area contributed by atoms with Crippen molar-refractivity contribution < 1.29 is 28.4 Å². The van der Waals surface area contributed by atoms with E-state index in [1.54, 1.807) is 0 Å². The van der Waals surface area contributed by atoms with E-state index in [1.807, 2.05) is 0 Å². The molecule has 1 N–H and O–H groups in total. The number of nitro groups is 1. The number of hydrogen-bond acceptors (Lipinski definition) is 6. The summed E-state index contributed by atoms with van der Waals surface area (Å²) in [7, 11) is 0. The number of anilines is 1. The Labute approximate surface area is 147 Å². The van der Waals surface area contributed by atoms with Crippen LogP contribution in [0.3, 0.4) is 0 Å². The minimum absolute atomic E-state index is 0.00541. The first kappa shape index (κ1) is 18.8. The van der Waals surface area contributed by atoms with Crippen molar-refractivity contribution in [3.63, 3.8) is 0 Å². The Morgan fingerprint density at radius 3 is 2.50 bits per heavy atom. The normalized spacial score (nSPS) is 11.3. The number of hydrogen-bond donors (Lipinski definition) is 1. The molecule has 0 saturated heterocycles. The van der Waals surface area contributed by atoms with E-state index in [0.717, 1.165) is 0 Å². The summed E-state index contributed by atoms with van der Waals surface area (Å²) in [6.45, 7) is 0.771. The van der Waals surface area contributed by atoms with E-state index in [1.165, 1.54) is 55.5 Å². The van der Waals surface area contributed by atoms with E-state index < -0.39 is 35.3 Å². The number of ether oxygens (including phenoxy) is 2. The van der Waals surface area contributed by atoms with Gasteiger partial charge in [0, 0.05) is 6.07 Å². The highest BCUT2D eigenvalue weighted by Gasteiger charge is 2.19. The van der Waals surface area contributed by atoms with Crippen molar-refractivity contribution in [3.05, 3.63) is 64.5 Å².